The molecular weight excluding hydrogens is 611 g/mol. The van der Waals surface area contributed by atoms with Crippen molar-refractivity contribution < 1.29 is 17.6 Å². The van der Waals surface area contributed by atoms with Crippen LogP contribution in [0.4, 0.5) is 10.2 Å². The fourth-order valence-corrected chi connectivity index (χ4v) is 6.17. The summed E-state index contributed by atoms with van der Waals surface area (Å²) >= 11 is 3.43. The van der Waals surface area contributed by atoms with Gasteiger partial charge >= 0.3 is 0 Å². The summed E-state index contributed by atoms with van der Waals surface area (Å²) in [6.07, 6.45) is 2.74. The van der Waals surface area contributed by atoms with Crippen molar-refractivity contribution in [3.05, 3.63) is 76.0 Å². The molecule has 0 aromatic carbocycles. The van der Waals surface area contributed by atoms with E-state index in [9.17, 15) is 17.6 Å². The van der Waals surface area contributed by atoms with Crippen molar-refractivity contribution in [3.8, 4) is 0 Å². The number of sulfonamides is 1. The second-order valence-corrected chi connectivity index (χ2v) is 14.5. The molecule has 1 amide bonds. The van der Waals surface area contributed by atoms with E-state index in [2.05, 4.69) is 55.4 Å². The Morgan fingerprint density at radius 1 is 1.12 bits per heavy atom. The number of nitrogens with one attached hydrogen (secondary N) is 3. The highest BCUT2D eigenvalue weighted by molar-refractivity contribution is 9.10. The van der Waals surface area contributed by atoms with E-state index in [1.54, 1.807) is 6.07 Å². The van der Waals surface area contributed by atoms with Gasteiger partial charge < -0.3 is 10.6 Å². The summed E-state index contributed by atoms with van der Waals surface area (Å²) in [7, 11) is -4.41. The Labute approximate surface area is 249 Å². The van der Waals surface area contributed by atoms with Gasteiger partial charge in [-0.25, -0.2) is 19.7 Å². The van der Waals surface area contributed by atoms with Crippen molar-refractivity contribution >= 4 is 37.7 Å². The van der Waals surface area contributed by atoms with E-state index in [-0.39, 0.29) is 16.6 Å². The van der Waals surface area contributed by atoms with Crippen LogP contribution < -0.4 is 15.4 Å². The van der Waals surface area contributed by atoms with Crippen molar-refractivity contribution in [1.29, 1.82) is 0 Å². The molecule has 9 nitrogen and oxygen atoms in total. The number of carbonyl (C=O) groups is 1. The first-order chi connectivity index (χ1) is 19.1. The Kier molecular flexibility index (Phi) is 9.15. The number of halogens is 2. The smallest absolute Gasteiger partial charge is 0.281 e. The van der Waals surface area contributed by atoms with E-state index >= 15 is 0 Å². The SMILES string of the molecule is CC1(C)C[C@H](CCC(Nc2cccc(S(=O)(=O)NC(=O)c3ccc(C(C)(C)C)nc3F)n2)c2cccc(Br)n2)CN1. The maximum atomic E-state index is 14.6. The van der Waals surface area contributed by atoms with Crippen LogP contribution in [0.2, 0.25) is 0 Å². The molecule has 3 aromatic heterocycles. The number of hydrogen-bond acceptors (Lipinski definition) is 8. The predicted molar refractivity (Wildman–Crippen MR) is 160 cm³/mol. The maximum absolute atomic E-state index is 14.6. The zero-order valence-electron chi connectivity index (χ0n) is 23.8. The number of rotatable bonds is 9. The molecule has 1 aliphatic heterocycles. The molecule has 1 saturated heterocycles. The highest BCUT2D eigenvalue weighted by atomic mass is 79.9. The van der Waals surface area contributed by atoms with Gasteiger partial charge in [0.1, 0.15) is 10.4 Å². The zero-order chi connectivity index (χ0) is 30.0. The van der Waals surface area contributed by atoms with Crippen LogP contribution in [0.15, 0.2) is 58.2 Å². The summed E-state index contributed by atoms with van der Waals surface area (Å²) in [4.78, 5) is 25.4. The predicted octanol–water partition coefficient (Wildman–Crippen LogP) is 5.51. The molecule has 1 fully saturated rings. The third-order valence-electron chi connectivity index (χ3n) is 7.04. The van der Waals surface area contributed by atoms with Crippen LogP contribution in [0, 0.1) is 11.9 Å². The van der Waals surface area contributed by atoms with Gasteiger partial charge in [0.15, 0.2) is 5.03 Å². The van der Waals surface area contributed by atoms with E-state index in [1.807, 2.05) is 43.7 Å². The van der Waals surface area contributed by atoms with Crippen LogP contribution in [0.1, 0.15) is 81.7 Å². The molecule has 1 unspecified atom stereocenters. The second-order valence-electron chi connectivity index (χ2n) is 12.1. The van der Waals surface area contributed by atoms with E-state index in [4.69, 9.17) is 0 Å². The van der Waals surface area contributed by atoms with Crippen molar-refractivity contribution in [3.63, 3.8) is 0 Å². The number of amides is 1. The Morgan fingerprint density at radius 2 is 1.85 bits per heavy atom. The van der Waals surface area contributed by atoms with Crippen LogP contribution in [-0.2, 0) is 15.4 Å². The lowest BCUT2D eigenvalue weighted by Gasteiger charge is -2.22. The summed E-state index contributed by atoms with van der Waals surface area (Å²) in [5, 5.41) is 6.50. The maximum Gasteiger partial charge on any atom is 0.281 e. The minimum absolute atomic E-state index is 0.101. The average molecular weight is 648 g/mol. The lowest BCUT2D eigenvalue weighted by atomic mass is 9.91. The van der Waals surface area contributed by atoms with Crippen LogP contribution in [0.5, 0.6) is 0 Å². The molecular formula is C29H36BrFN6O3S. The van der Waals surface area contributed by atoms with E-state index < -0.39 is 32.9 Å². The lowest BCUT2D eigenvalue weighted by molar-refractivity contribution is 0.0976. The Hall–Kier alpha value is -2.96. The molecule has 12 heteroatoms. The summed E-state index contributed by atoms with van der Waals surface area (Å²) in [6.45, 7) is 10.9. The third kappa shape index (κ3) is 8.08. The van der Waals surface area contributed by atoms with Gasteiger partial charge in [-0.3, -0.25) is 4.79 Å². The van der Waals surface area contributed by atoms with Gasteiger partial charge in [-0.15, -0.1) is 0 Å². The molecule has 2 atom stereocenters. The quantitative estimate of drug-likeness (QED) is 0.260. The standard InChI is InChI=1S/C29H36BrFN6O3S/c1-28(2,3)22-15-13-19(26(31)35-22)27(38)37-41(39,40)25-11-7-10-24(36-25)34-21(20-8-6-9-23(30)33-20)14-12-18-16-29(4,5)32-17-18/h6-11,13,15,18,21,32H,12,14,16-17H2,1-5H3,(H,34,36)(H,37,38)/t18-,21?/m0/s1. The van der Waals surface area contributed by atoms with Gasteiger partial charge in [-0.1, -0.05) is 32.9 Å². The minimum atomic E-state index is -4.41. The van der Waals surface area contributed by atoms with Gasteiger partial charge in [-0.2, -0.15) is 12.8 Å². The summed E-state index contributed by atoms with van der Waals surface area (Å²) in [6, 6.07) is 12.6. The molecule has 3 aromatic rings. The van der Waals surface area contributed by atoms with Crippen molar-refractivity contribution in [2.75, 3.05) is 11.9 Å². The Morgan fingerprint density at radius 3 is 2.49 bits per heavy atom. The van der Waals surface area contributed by atoms with Crippen LogP contribution in [0.25, 0.3) is 0 Å². The molecule has 4 rings (SSSR count). The van der Waals surface area contributed by atoms with Gasteiger partial charge in [0.05, 0.1) is 17.3 Å². The molecule has 0 bridgehead atoms. The largest absolute Gasteiger partial charge is 0.362 e. The van der Waals surface area contributed by atoms with Crippen LogP contribution >= 0.6 is 15.9 Å². The van der Waals surface area contributed by atoms with Gasteiger partial charge in [0, 0.05) is 16.6 Å². The highest BCUT2D eigenvalue weighted by Gasteiger charge is 2.31. The highest BCUT2D eigenvalue weighted by Crippen LogP contribution is 2.31. The molecule has 4 heterocycles. The number of hydrogen-bond donors (Lipinski definition) is 3. The molecule has 0 saturated carbocycles. The molecule has 3 N–H and O–H groups in total. The number of pyridine rings is 3. The van der Waals surface area contributed by atoms with Crippen molar-refractivity contribution in [2.24, 2.45) is 5.92 Å². The molecule has 0 spiro atoms. The topological polar surface area (TPSA) is 126 Å². The molecule has 41 heavy (non-hydrogen) atoms. The number of carbonyl (C=O) groups excluding carboxylic acids is 1. The monoisotopic (exact) mass is 646 g/mol. The normalized spacial score (nSPS) is 17.7. The first kappa shape index (κ1) is 31.0. The van der Waals surface area contributed by atoms with Crippen molar-refractivity contribution in [1.82, 2.24) is 25.0 Å². The van der Waals surface area contributed by atoms with E-state index in [0.717, 1.165) is 31.5 Å². The number of anilines is 1. The van der Waals surface area contributed by atoms with Crippen molar-refractivity contribution in [2.45, 2.75) is 75.9 Å². The van der Waals surface area contributed by atoms with Gasteiger partial charge in [-0.05, 0) is 97.9 Å². The summed E-state index contributed by atoms with van der Waals surface area (Å²) in [5.74, 6) is -1.36. The average Bonchev–Trinajstić information content (AvgIpc) is 3.24. The fraction of sp³-hybridized carbons (Fsp3) is 0.448. The second kappa shape index (κ2) is 12.1. The number of aromatic nitrogens is 3. The molecule has 0 radical (unpaired) electrons. The Balaban J connectivity index is 1.52. The zero-order valence-corrected chi connectivity index (χ0v) is 26.2. The van der Waals surface area contributed by atoms with E-state index in [1.165, 1.54) is 24.3 Å². The molecule has 220 valence electrons. The third-order valence-corrected chi connectivity index (χ3v) is 8.71. The fourth-order valence-electron chi connectivity index (χ4n) is 4.88. The van der Waals surface area contributed by atoms with E-state index in [0.29, 0.717) is 22.0 Å². The molecule has 0 aliphatic carbocycles. The minimum Gasteiger partial charge on any atom is -0.362 e. The van der Waals surface area contributed by atoms with Crippen LogP contribution in [-0.4, -0.2) is 41.4 Å². The molecule has 1 aliphatic rings. The first-order valence-corrected chi connectivity index (χ1v) is 15.8. The van der Waals surface area contributed by atoms with Crippen LogP contribution in [0.3, 0.4) is 0 Å². The van der Waals surface area contributed by atoms with Gasteiger partial charge in [0.25, 0.3) is 15.9 Å². The number of nitrogens with zero attached hydrogens (tertiary/aromatic N) is 3. The van der Waals surface area contributed by atoms with Gasteiger partial charge in [0.2, 0.25) is 5.95 Å². The summed E-state index contributed by atoms with van der Waals surface area (Å²) < 4.78 is 43.4. The Bertz CT molecular complexity index is 1530. The first-order valence-electron chi connectivity index (χ1n) is 13.5. The summed E-state index contributed by atoms with van der Waals surface area (Å²) in [5.41, 5.74) is 0.421. The lowest BCUT2D eigenvalue weighted by Crippen LogP contribution is -2.32.